The third-order valence-electron chi connectivity index (χ3n) is 2.65. The van der Waals surface area contributed by atoms with Gasteiger partial charge in [-0.2, -0.15) is 0 Å². The first-order valence-electron chi connectivity index (χ1n) is 6.22. The van der Waals surface area contributed by atoms with Crippen molar-refractivity contribution < 1.29 is 9.21 Å². The zero-order valence-corrected chi connectivity index (χ0v) is 10.8. The lowest BCUT2D eigenvalue weighted by atomic mass is 10.4. The van der Waals surface area contributed by atoms with E-state index in [9.17, 15) is 4.79 Å². The van der Waals surface area contributed by atoms with Crippen molar-refractivity contribution in [1.29, 1.82) is 0 Å². The summed E-state index contributed by atoms with van der Waals surface area (Å²) in [6.45, 7) is 6.37. The highest BCUT2D eigenvalue weighted by atomic mass is 16.4. The Labute approximate surface area is 106 Å². The van der Waals surface area contributed by atoms with Crippen LogP contribution in [0.3, 0.4) is 0 Å². The summed E-state index contributed by atoms with van der Waals surface area (Å²) < 4.78 is 5.54. The number of carbonyl (C=O) groups excluding carboxylic acids is 1. The molecule has 1 aliphatic heterocycles. The minimum Gasteiger partial charge on any atom is -0.407 e. The molecular weight excluding hydrogens is 234 g/mol. The SMILES string of the molecule is CC(C)NCc1nnc(N2CCCNC(=O)C2)o1. The molecule has 100 valence electrons. The van der Waals surface area contributed by atoms with Gasteiger partial charge in [-0.3, -0.25) is 4.79 Å². The van der Waals surface area contributed by atoms with Gasteiger partial charge in [-0.1, -0.05) is 18.9 Å². The number of amides is 1. The van der Waals surface area contributed by atoms with Crippen LogP contribution in [0, 0.1) is 0 Å². The summed E-state index contributed by atoms with van der Waals surface area (Å²) in [6.07, 6.45) is 0.883. The largest absolute Gasteiger partial charge is 0.407 e. The van der Waals surface area contributed by atoms with E-state index in [-0.39, 0.29) is 12.5 Å². The van der Waals surface area contributed by atoms with Crippen molar-refractivity contribution in [3.63, 3.8) is 0 Å². The van der Waals surface area contributed by atoms with Gasteiger partial charge in [-0.25, -0.2) is 0 Å². The van der Waals surface area contributed by atoms with Gasteiger partial charge in [0.2, 0.25) is 11.8 Å². The molecule has 1 fully saturated rings. The van der Waals surface area contributed by atoms with Crippen LogP contribution in [0.15, 0.2) is 4.42 Å². The van der Waals surface area contributed by atoms with E-state index >= 15 is 0 Å². The summed E-state index contributed by atoms with van der Waals surface area (Å²) in [5.74, 6) is 0.538. The molecule has 0 spiro atoms. The van der Waals surface area contributed by atoms with E-state index in [0.29, 0.717) is 31.0 Å². The summed E-state index contributed by atoms with van der Waals surface area (Å²) in [5, 5.41) is 14.0. The van der Waals surface area contributed by atoms with Gasteiger partial charge < -0.3 is 20.0 Å². The molecule has 0 aliphatic carbocycles. The second kappa shape index (κ2) is 5.81. The van der Waals surface area contributed by atoms with Crippen LogP contribution in [0.25, 0.3) is 0 Å². The maximum atomic E-state index is 11.4. The molecule has 2 rings (SSSR count). The van der Waals surface area contributed by atoms with Crippen LogP contribution in [-0.4, -0.2) is 41.8 Å². The Hall–Kier alpha value is -1.63. The first-order valence-corrected chi connectivity index (χ1v) is 6.22. The molecule has 18 heavy (non-hydrogen) atoms. The predicted molar refractivity (Wildman–Crippen MR) is 66.1 cm³/mol. The molecule has 0 atom stereocenters. The topological polar surface area (TPSA) is 83.3 Å². The first-order chi connectivity index (χ1) is 8.65. The molecular formula is C11H19N5O2. The van der Waals surface area contributed by atoms with Crippen molar-refractivity contribution in [3.05, 3.63) is 5.89 Å². The highest BCUT2D eigenvalue weighted by molar-refractivity contribution is 5.80. The second-order valence-corrected chi connectivity index (χ2v) is 4.64. The van der Waals surface area contributed by atoms with Crippen LogP contribution in [0.1, 0.15) is 26.2 Å². The van der Waals surface area contributed by atoms with E-state index in [2.05, 4.69) is 34.7 Å². The van der Waals surface area contributed by atoms with E-state index in [0.717, 1.165) is 13.0 Å². The minimum absolute atomic E-state index is 0.00689. The van der Waals surface area contributed by atoms with Gasteiger partial charge in [-0.05, 0) is 6.42 Å². The Bertz CT molecular complexity index is 404. The van der Waals surface area contributed by atoms with Crippen molar-refractivity contribution in [2.45, 2.75) is 32.9 Å². The van der Waals surface area contributed by atoms with Gasteiger partial charge >= 0.3 is 6.01 Å². The quantitative estimate of drug-likeness (QED) is 0.779. The number of rotatable bonds is 4. The van der Waals surface area contributed by atoms with Crippen molar-refractivity contribution in [3.8, 4) is 0 Å². The summed E-state index contributed by atoms with van der Waals surface area (Å²) in [6, 6.07) is 0.789. The summed E-state index contributed by atoms with van der Waals surface area (Å²) in [7, 11) is 0. The van der Waals surface area contributed by atoms with Crippen molar-refractivity contribution >= 4 is 11.9 Å². The monoisotopic (exact) mass is 253 g/mol. The fourth-order valence-electron chi connectivity index (χ4n) is 1.70. The molecule has 1 aliphatic rings. The lowest BCUT2D eigenvalue weighted by Crippen LogP contribution is -2.33. The Morgan fingerprint density at radius 2 is 2.33 bits per heavy atom. The Kier molecular flexibility index (Phi) is 4.14. The van der Waals surface area contributed by atoms with Crippen LogP contribution in [0.4, 0.5) is 6.01 Å². The molecule has 0 radical (unpaired) electrons. The Morgan fingerprint density at radius 1 is 1.50 bits per heavy atom. The maximum absolute atomic E-state index is 11.4. The minimum atomic E-state index is -0.00689. The van der Waals surface area contributed by atoms with Gasteiger partial charge in [-0.15, -0.1) is 5.10 Å². The predicted octanol–water partition coefficient (Wildman–Crippen LogP) is -0.106. The highest BCUT2D eigenvalue weighted by Gasteiger charge is 2.19. The molecule has 0 bridgehead atoms. The van der Waals surface area contributed by atoms with Crippen molar-refractivity contribution in [1.82, 2.24) is 20.8 Å². The average Bonchev–Trinajstić information content (AvgIpc) is 2.69. The normalized spacial score (nSPS) is 16.8. The molecule has 0 unspecified atom stereocenters. The molecule has 2 heterocycles. The average molecular weight is 253 g/mol. The summed E-state index contributed by atoms with van der Waals surface area (Å²) in [5.41, 5.74) is 0. The maximum Gasteiger partial charge on any atom is 0.318 e. The van der Waals surface area contributed by atoms with E-state index in [1.54, 1.807) is 0 Å². The van der Waals surface area contributed by atoms with Gasteiger partial charge in [0.05, 0.1) is 6.54 Å². The molecule has 1 aromatic heterocycles. The van der Waals surface area contributed by atoms with Crippen molar-refractivity contribution in [2.24, 2.45) is 0 Å². The molecule has 7 heteroatoms. The van der Waals surface area contributed by atoms with E-state index in [1.165, 1.54) is 0 Å². The Balaban J connectivity index is 1.97. The Morgan fingerprint density at radius 3 is 3.11 bits per heavy atom. The van der Waals surface area contributed by atoms with Crippen molar-refractivity contribution in [2.75, 3.05) is 24.5 Å². The highest BCUT2D eigenvalue weighted by Crippen LogP contribution is 2.13. The fourth-order valence-corrected chi connectivity index (χ4v) is 1.70. The number of anilines is 1. The molecule has 1 aromatic rings. The van der Waals surface area contributed by atoms with E-state index in [1.807, 2.05) is 4.90 Å². The molecule has 1 saturated heterocycles. The fraction of sp³-hybridized carbons (Fsp3) is 0.727. The summed E-state index contributed by atoms with van der Waals surface area (Å²) in [4.78, 5) is 13.2. The lowest BCUT2D eigenvalue weighted by Gasteiger charge is -2.14. The third kappa shape index (κ3) is 3.43. The zero-order chi connectivity index (χ0) is 13.0. The molecule has 0 saturated carbocycles. The molecule has 2 N–H and O–H groups in total. The lowest BCUT2D eigenvalue weighted by molar-refractivity contribution is -0.119. The standard InChI is InChI=1S/C11H19N5O2/c1-8(2)13-6-10-14-15-11(18-10)16-5-3-4-12-9(17)7-16/h8,13H,3-7H2,1-2H3,(H,12,17). The zero-order valence-electron chi connectivity index (χ0n) is 10.8. The second-order valence-electron chi connectivity index (χ2n) is 4.64. The molecule has 1 amide bonds. The van der Waals surface area contributed by atoms with Crippen LogP contribution >= 0.6 is 0 Å². The van der Waals surface area contributed by atoms with E-state index < -0.39 is 0 Å². The van der Waals surface area contributed by atoms with Gasteiger partial charge in [0.15, 0.2) is 0 Å². The van der Waals surface area contributed by atoms with Crippen LogP contribution in [-0.2, 0) is 11.3 Å². The van der Waals surface area contributed by atoms with E-state index in [4.69, 9.17) is 4.42 Å². The van der Waals surface area contributed by atoms with Gasteiger partial charge in [0.1, 0.15) is 6.54 Å². The van der Waals surface area contributed by atoms with Gasteiger partial charge in [0, 0.05) is 19.1 Å². The third-order valence-corrected chi connectivity index (χ3v) is 2.65. The van der Waals surface area contributed by atoms with Gasteiger partial charge in [0.25, 0.3) is 0 Å². The number of nitrogens with zero attached hydrogens (tertiary/aromatic N) is 3. The molecule has 7 nitrogen and oxygen atoms in total. The first kappa shape index (κ1) is 12.8. The number of hydrogen-bond donors (Lipinski definition) is 2. The number of carbonyl (C=O) groups is 1. The number of nitrogens with one attached hydrogen (secondary N) is 2. The van der Waals surface area contributed by atoms with Crippen LogP contribution in [0.5, 0.6) is 0 Å². The summed E-state index contributed by atoms with van der Waals surface area (Å²) >= 11 is 0. The smallest absolute Gasteiger partial charge is 0.318 e. The molecule has 0 aromatic carbocycles. The number of aromatic nitrogens is 2. The van der Waals surface area contributed by atoms with Crippen LogP contribution in [0.2, 0.25) is 0 Å². The number of hydrogen-bond acceptors (Lipinski definition) is 6. The van der Waals surface area contributed by atoms with Crippen LogP contribution < -0.4 is 15.5 Å².